The fourth-order valence-electron chi connectivity index (χ4n) is 3.53. The Morgan fingerprint density at radius 3 is 2.54 bits per heavy atom. The largest absolute Gasteiger partial charge is 0.477 e. The van der Waals surface area contributed by atoms with Crippen LogP contribution in [-0.2, 0) is 11.4 Å². The number of carboxylic acids is 1. The molecule has 2 heterocycles. The van der Waals surface area contributed by atoms with Crippen LogP contribution in [0.3, 0.4) is 0 Å². The summed E-state index contributed by atoms with van der Waals surface area (Å²) < 4.78 is 37.0. The zero-order valence-electron chi connectivity index (χ0n) is 19.4. The fraction of sp³-hybridized carbons (Fsp3) is 0.455. The number of carboxylic acid groups (broad SMARTS) is 1. The average molecular weight is 512 g/mol. The summed E-state index contributed by atoms with van der Waals surface area (Å²) in [6.45, 7) is 6.57. The van der Waals surface area contributed by atoms with Crippen molar-refractivity contribution in [3.8, 4) is 5.88 Å². The SMILES string of the molecule is CC(=O)N1CCN(CCCNC(=O)Nc2snc(OCc3cc(F)c(C)cc3F)c2C(=O)O)CC1. The lowest BCUT2D eigenvalue weighted by molar-refractivity contribution is -0.130. The van der Waals surface area contributed by atoms with Gasteiger partial charge in [0.15, 0.2) is 5.56 Å². The second-order valence-corrected chi connectivity index (χ2v) is 8.83. The number of ether oxygens (including phenoxy) is 1. The molecule has 1 aromatic carbocycles. The second kappa shape index (κ2) is 11.9. The third-order valence-electron chi connectivity index (χ3n) is 5.55. The van der Waals surface area contributed by atoms with Gasteiger partial charge in [0.05, 0.1) is 0 Å². The van der Waals surface area contributed by atoms with Crippen molar-refractivity contribution in [1.82, 2.24) is 19.5 Å². The summed E-state index contributed by atoms with van der Waals surface area (Å²) in [4.78, 5) is 39.3. The number of piperazine rings is 1. The lowest BCUT2D eigenvalue weighted by Gasteiger charge is -2.34. The monoisotopic (exact) mass is 511 g/mol. The highest BCUT2D eigenvalue weighted by Gasteiger charge is 2.24. The Balaban J connectivity index is 1.48. The summed E-state index contributed by atoms with van der Waals surface area (Å²) in [6.07, 6.45) is 0.676. The van der Waals surface area contributed by atoms with Gasteiger partial charge in [-0.05, 0) is 49.1 Å². The molecule has 3 N–H and O–H groups in total. The zero-order chi connectivity index (χ0) is 25.5. The van der Waals surface area contributed by atoms with Gasteiger partial charge < -0.3 is 20.1 Å². The van der Waals surface area contributed by atoms with Crippen molar-refractivity contribution in [3.63, 3.8) is 0 Å². The molecular formula is C22H27F2N5O5S. The maximum absolute atomic E-state index is 14.0. The topological polar surface area (TPSA) is 124 Å². The Bertz CT molecular complexity index is 1090. The van der Waals surface area contributed by atoms with E-state index in [1.807, 2.05) is 0 Å². The molecule has 0 aliphatic carbocycles. The number of benzene rings is 1. The minimum atomic E-state index is -1.38. The molecule has 190 valence electrons. The molecule has 3 rings (SSSR count). The number of amides is 3. The van der Waals surface area contributed by atoms with Gasteiger partial charge in [0.1, 0.15) is 23.2 Å². The van der Waals surface area contributed by atoms with E-state index >= 15 is 0 Å². The summed E-state index contributed by atoms with van der Waals surface area (Å²) in [6, 6.07) is 1.40. The third-order valence-corrected chi connectivity index (χ3v) is 6.29. The number of carbonyl (C=O) groups is 3. The van der Waals surface area contributed by atoms with Crippen LogP contribution in [0.25, 0.3) is 0 Å². The molecule has 2 aromatic rings. The quantitative estimate of drug-likeness (QED) is 0.442. The molecule has 10 nitrogen and oxygen atoms in total. The van der Waals surface area contributed by atoms with Gasteiger partial charge in [0.2, 0.25) is 11.8 Å². The molecule has 1 fully saturated rings. The number of nitrogens with zero attached hydrogens (tertiary/aromatic N) is 3. The number of rotatable bonds is 9. The van der Waals surface area contributed by atoms with Crippen LogP contribution in [0, 0.1) is 18.6 Å². The highest BCUT2D eigenvalue weighted by atomic mass is 32.1. The van der Waals surface area contributed by atoms with Crippen LogP contribution in [0.2, 0.25) is 0 Å². The third kappa shape index (κ3) is 7.09. The van der Waals surface area contributed by atoms with E-state index in [0.717, 1.165) is 31.8 Å². The summed E-state index contributed by atoms with van der Waals surface area (Å²) in [5, 5.41) is 14.6. The minimum absolute atomic E-state index is 0.0408. The van der Waals surface area contributed by atoms with Crippen LogP contribution >= 0.6 is 11.5 Å². The first-order valence-electron chi connectivity index (χ1n) is 11.0. The Hall–Kier alpha value is -3.32. The molecule has 13 heteroatoms. The standard InChI is InChI=1S/C22H27F2N5O5S/c1-13-10-17(24)15(11-16(13)23)12-34-19-18(21(31)32)20(35-27-19)26-22(33)25-4-3-5-28-6-8-29(9-7-28)14(2)30/h10-11H,3-9,12H2,1-2H3,(H,31,32)(H2,25,26,33). The molecule has 0 atom stereocenters. The molecule has 1 saturated heterocycles. The van der Waals surface area contributed by atoms with Crippen LogP contribution in [0.15, 0.2) is 12.1 Å². The second-order valence-electron chi connectivity index (χ2n) is 8.06. The molecule has 0 saturated carbocycles. The van der Waals surface area contributed by atoms with E-state index in [2.05, 4.69) is 19.9 Å². The van der Waals surface area contributed by atoms with Gasteiger partial charge in [-0.2, -0.15) is 4.37 Å². The van der Waals surface area contributed by atoms with Crippen LogP contribution < -0.4 is 15.4 Å². The number of carbonyl (C=O) groups excluding carboxylic acids is 2. The molecule has 0 spiro atoms. The van der Waals surface area contributed by atoms with Gasteiger partial charge in [0, 0.05) is 45.2 Å². The maximum Gasteiger partial charge on any atom is 0.344 e. The summed E-state index contributed by atoms with van der Waals surface area (Å²) in [7, 11) is 0. The fourth-order valence-corrected chi connectivity index (χ4v) is 4.25. The first-order chi connectivity index (χ1) is 16.7. The molecule has 1 aromatic heterocycles. The number of halogens is 2. The number of hydrogen-bond acceptors (Lipinski definition) is 7. The van der Waals surface area contributed by atoms with Crippen molar-refractivity contribution in [1.29, 1.82) is 0 Å². The van der Waals surface area contributed by atoms with E-state index in [9.17, 15) is 28.3 Å². The predicted octanol–water partition coefficient (Wildman–Crippen LogP) is 2.68. The average Bonchev–Trinajstić information content (AvgIpc) is 3.21. The molecule has 0 radical (unpaired) electrons. The van der Waals surface area contributed by atoms with Gasteiger partial charge in [-0.3, -0.25) is 15.0 Å². The van der Waals surface area contributed by atoms with E-state index in [4.69, 9.17) is 4.74 Å². The maximum atomic E-state index is 14.0. The number of anilines is 1. The van der Waals surface area contributed by atoms with Crippen LogP contribution in [-0.4, -0.2) is 76.5 Å². The zero-order valence-corrected chi connectivity index (χ0v) is 20.2. The molecule has 1 aliphatic heterocycles. The lowest BCUT2D eigenvalue weighted by atomic mass is 10.1. The summed E-state index contributed by atoms with van der Waals surface area (Å²) >= 11 is 0.706. The number of hydrogen-bond donors (Lipinski definition) is 3. The van der Waals surface area contributed by atoms with Crippen molar-refractivity contribution < 1.29 is 33.0 Å². The van der Waals surface area contributed by atoms with Gasteiger partial charge in [-0.1, -0.05) is 0 Å². The Kier molecular flexibility index (Phi) is 8.93. The molecule has 35 heavy (non-hydrogen) atoms. The molecular weight excluding hydrogens is 484 g/mol. The molecule has 0 unspecified atom stereocenters. The number of aryl methyl sites for hydroxylation is 1. The van der Waals surface area contributed by atoms with Crippen molar-refractivity contribution in [3.05, 3.63) is 40.5 Å². The smallest absolute Gasteiger partial charge is 0.344 e. The van der Waals surface area contributed by atoms with Crippen molar-refractivity contribution in [2.75, 3.05) is 44.6 Å². The first kappa shape index (κ1) is 26.3. The van der Waals surface area contributed by atoms with Crippen LogP contribution in [0.4, 0.5) is 18.6 Å². The highest BCUT2D eigenvalue weighted by molar-refractivity contribution is 7.11. The van der Waals surface area contributed by atoms with Crippen molar-refractivity contribution >= 4 is 34.4 Å². The number of urea groups is 1. The first-order valence-corrected chi connectivity index (χ1v) is 11.8. The van der Waals surface area contributed by atoms with E-state index in [0.29, 0.717) is 37.6 Å². The minimum Gasteiger partial charge on any atom is -0.477 e. The van der Waals surface area contributed by atoms with E-state index < -0.39 is 30.2 Å². The Labute approximate surface area is 205 Å². The van der Waals surface area contributed by atoms with E-state index in [-0.39, 0.29) is 33.5 Å². The molecule has 3 amide bonds. The van der Waals surface area contributed by atoms with E-state index in [1.165, 1.54) is 6.92 Å². The van der Waals surface area contributed by atoms with Crippen molar-refractivity contribution in [2.24, 2.45) is 0 Å². The molecule has 0 bridgehead atoms. The van der Waals surface area contributed by atoms with E-state index in [1.54, 1.807) is 11.8 Å². The number of nitrogens with one attached hydrogen (secondary N) is 2. The number of aromatic nitrogens is 1. The summed E-state index contributed by atoms with van der Waals surface area (Å²) in [5.74, 6) is -2.92. The van der Waals surface area contributed by atoms with Gasteiger partial charge >= 0.3 is 12.0 Å². The van der Waals surface area contributed by atoms with Crippen LogP contribution in [0.5, 0.6) is 5.88 Å². The Morgan fingerprint density at radius 2 is 1.89 bits per heavy atom. The normalized spacial score (nSPS) is 14.0. The lowest BCUT2D eigenvalue weighted by Crippen LogP contribution is -2.48. The summed E-state index contributed by atoms with van der Waals surface area (Å²) in [5.41, 5.74) is -0.326. The predicted molar refractivity (Wildman–Crippen MR) is 125 cm³/mol. The Morgan fingerprint density at radius 1 is 1.17 bits per heavy atom. The number of aromatic carboxylic acids is 1. The van der Waals surface area contributed by atoms with Gasteiger partial charge in [-0.25, -0.2) is 18.4 Å². The van der Waals surface area contributed by atoms with Gasteiger partial charge in [-0.15, -0.1) is 0 Å². The van der Waals surface area contributed by atoms with Crippen molar-refractivity contribution in [2.45, 2.75) is 26.9 Å². The van der Waals surface area contributed by atoms with Gasteiger partial charge in [0.25, 0.3) is 0 Å². The highest BCUT2D eigenvalue weighted by Crippen LogP contribution is 2.31. The molecule has 1 aliphatic rings. The van der Waals surface area contributed by atoms with Crippen LogP contribution in [0.1, 0.15) is 34.8 Å².